The molecule has 2 unspecified atom stereocenters. The van der Waals surface area contributed by atoms with Gasteiger partial charge in [-0.15, -0.1) is 0 Å². The van der Waals surface area contributed by atoms with Gasteiger partial charge in [-0.3, -0.25) is 4.68 Å². The maximum Gasteiger partial charge on any atom is 0.246 e. The number of aryl methyl sites for hydroxylation is 1. The largest absolute Gasteiger partial charge is 0.316 e. The molecule has 2 saturated heterocycles. The van der Waals surface area contributed by atoms with Gasteiger partial charge in [0.1, 0.15) is 4.90 Å². The van der Waals surface area contributed by atoms with Crippen LogP contribution in [0.25, 0.3) is 0 Å². The summed E-state index contributed by atoms with van der Waals surface area (Å²) in [6.07, 6.45) is 2.42. The first-order valence-electron chi connectivity index (χ1n) is 6.69. The van der Waals surface area contributed by atoms with Crippen LogP contribution >= 0.6 is 0 Å². The van der Waals surface area contributed by atoms with E-state index in [4.69, 9.17) is 0 Å². The molecule has 2 atom stereocenters. The van der Waals surface area contributed by atoms with Crippen LogP contribution in [0.2, 0.25) is 0 Å². The van der Waals surface area contributed by atoms with Crippen molar-refractivity contribution in [1.29, 1.82) is 0 Å². The lowest BCUT2D eigenvalue weighted by Gasteiger charge is -2.33. The Morgan fingerprint density at radius 3 is 2.79 bits per heavy atom. The Labute approximate surface area is 113 Å². The van der Waals surface area contributed by atoms with E-state index in [0.29, 0.717) is 35.5 Å². The molecule has 106 valence electrons. The smallest absolute Gasteiger partial charge is 0.246 e. The van der Waals surface area contributed by atoms with Crippen LogP contribution in [0.5, 0.6) is 0 Å². The second-order valence-corrected chi connectivity index (χ2v) is 7.45. The predicted octanol–water partition coefficient (Wildman–Crippen LogP) is -0.0415. The molecule has 0 aromatic carbocycles. The SMILES string of the molecule is Cc1c(S(=O)(=O)N2CCC3CNCC3C2)cnn1C. The number of aromatic nitrogens is 2. The van der Waals surface area contributed by atoms with E-state index in [2.05, 4.69) is 10.4 Å². The van der Waals surface area contributed by atoms with Gasteiger partial charge in [0.15, 0.2) is 0 Å². The summed E-state index contributed by atoms with van der Waals surface area (Å²) in [5.74, 6) is 1.10. The van der Waals surface area contributed by atoms with Crippen molar-refractivity contribution in [3.63, 3.8) is 0 Å². The van der Waals surface area contributed by atoms with Crippen molar-refractivity contribution in [1.82, 2.24) is 19.4 Å². The highest BCUT2D eigenvalue weighted by molar-refractivity contribution is 7.89. The molecule has 0 saturated carbocycles. The second kappa shape index (κ2) is 4.57. The first kappa shape index (κ1) is 13.1. The third-order valence-electron chi connectivity index (χ3n) is 4.48. The maximum absolute atomic E-state index is 12.7. The Balaban J connectivity index is 1.87. The third-order valence-corrected chi connectivity index (χ3v) is 6.44. The highest BCUT2D eigenvalue weighted by Crippen LogP contribution is 2.30. The van der Waals surface area contributed by atoms with Gasteiger partial charge in [-0.1, -0.05) is 0 Å². The van der Waals surface area contributed by atoms with Crippen LogP contribution in [0.1, 0.15) is 12.1 Å². The molecule has 1 N–H and O–H groups in total. The lowest BCUT2D eigenvalue weighted by Crippen LogP contribution is -2.43. The maximum atomic E-state index is 12.7. The van der Waals surface area contributed by atoms with Gasteiger partial charge in [-0.25, -0.2) is 8.42 Å². The lowest BCUT2D eigenvalue weighted by molar-refractivity contribution is 0.228. The molecule has 3 rings (SSSR count). The van der Waals surface area contributed by atoms with E-state index in [-0.39, 0.29) is 0 Å². The van der Waals surface area contributed by atoms with E-state index in [1.54, 1.807) is 23.0 Å². The van der Waals surface area contributed by atoms with Crippen LogP contribution < -0.4 is 5.32 Å². The molecule has 6 nitrogen and oxygen atoms in total. The fourth-order valence-electron chi connectivity index (χ4n) is 3.09. The summed E-state index contributed by atoms with van der Waals surface area (Å²) in [7, 11) is -1.62. The standard InChI is InChI=1S/C12H20N4O2S/c1-9-12(7-14-15(9)2)19(17,18)16-4-3-10-5-13-6-11(10)8-16/h7,10-11,13H,3-6,8H2,1-2H3. The lowest BCUT2D eigenvalue weighted by atomic mass is 9.90. The Hall–Kier alpha value is -0.920. The molecule has 3 heterocycles. The molecular formula is C12H20N4O2S. The zero-order chi connectivity index (χ0) is 13.6. The topological polar surface area (TPSA) is 67.2 Å². The van der Waals surface area contributed by atoms with Crippen LogP contribution in [-0.4, -0.2) is 48.7 Å². The van der Waals surface area contributed by atoms with Crippen molar-refractivity contribution >= 4 is 10.0 Å². The average Bonchev–Trinajstić information content (AvgIpc) is 2.96. The van der Waals surface area contributed by atoms with Crippen LogP contribution in [0.3, 0.4) is 0 Å². The minimum absolute atomic E-state index is 0.347. The molecule has 0 radical (unpaired) electrons. The number of rotatable bonds is 2. The fraction of sp³-hybridized carbons (Fsp3) is 0.750. The average molecular weight is 284 g/mol. The van der Waals surface area contributed by atoms with E-state index in [9.17, 15) is 8.42 Å². The van der Waals surface area contributed by atoms with Crippen LogP contribution in [-0.2, 0) is 17.1 Å². The molecule has 2 aliphatic heterocycles. The Morgan fingerprint density at radius 1 is 1.37 bits per heavy atom. The first-order valence-corrected chi connectivity index (χ1v) is 8.13. The molecule has 1 aromatic heterocycles. The normalized spacial score (nSPS) is 28.5. The molecular weight excluding hydrogens is 264 g/mol. The van der Waals surface area contributed by atoms with E-state index in [0.717, 1.165) is 19.5 Å². The number of fused-ring (bicyclic) bond motifs is 1. The monoisotopic (exact) mass is 284 g/mol. The van der Waals surface area contributed by atoms with Gasteiger partial charge in [0.25, 0.3) is 0 Å². The highest BCUT2D eigenvalue weighted by atomic mass is 32.2. The number of piperidine rings is 1. The molecule has 0 aliphatic carbocycles. The predicted molar refractivity (Wildman–Crippen MR) is 71.2 cm³/mol. The van der Waals surface area contributed by atoms with Crippen LogP contribution in [0.4, 0.5) is 0 Å². The van der Waals surface area contributed by atoms with E-state index in [1.165, 1.54) is 6.20 Å². The quantitative estimate of drug-likeness (QED) is 0.827. The molecule has 2 aliphatic rings. The number of nitrogens with one attached hydrogen (secondary N) is 1. The highest BCUT2D eigenvalue weighted by Gasteiger charge is 2.38. The van der Waals surface area contributed by atoms with Gasteiger partial charge >= 0.3 is 0 Å². The summed E-state index contributed by atoms with van der Waals surface area (Å²) in [5, 5.41) is 7.40. The van der Waals surface area contributed by atoms with Gasteiger partial charge in [-0.2, -0.15) is 9.40 Å². The summed E-state index contributed by atoms with van der Waals surface area (Å²) < 4.78 is 28.6. The van der Waals surface area contributed by atoms with Gasteiger partial charge in [0.05, 0.1) is 11.9 Å². The number of hydrogen-bond acceptors (Lipinski definition) is 4. The van der Waals surface area contributed by atoms with Crippen molar-refractivity contribution in [3.05, 3.63) is 11.9 Å². The van der Waals surface area contributed by atoms with Crippen molar-refractivity contribution in [2.45, 2.75) is 18.2 Å². The van der Waals surface area contributed by atoms with Crippen molar-refractivity contribution in [3.8, 4) is 0 Å². The number of nitrogens with zero attached hydrogens (tertiary/aromatic N) is 3. The molecule has 0 bridgehead atoms. The summed E-state index contributed by atoms with van der Waals surface area (Å²) >= 11 is 0. The molecule has 0 amide bonds. The minimum atomic E-state index is -3.39. The Morgan fingerprint density at radius 2 is 2.11 bits per heavy atom. The molecule has 19 heavy (non-hydrogen) atoms. The summed E-state index contributed by atoms with van der Waals surface area (Å²) in [4.78, 5) is 0.347. The van der Waals surface area contributed by atoms with E-state index >= 15 is 0 Å². The van der Waals surface area contributed by atoms with Crippen LogP contribution in [0.15, 0.2) is 11.1 Å². The third kappa shape index (κ3) is 2.09. The van der Waals surface area contributed by atoms with Gasteiger partial charge in [-0.05, 0) is 38.3 Å². The molecule has 0 spiro atoms. The molecule has 1 aromatic rings. The Bertz CT molecular complexity index is 581. The van der Waals surface area contributed by atoms with Crippen LogP contribution in [0, 0.1) is 18.8 Å². The zero-order valence-corrected chi connectivity index (χ0v) is 12.2. The summed E-state index contributed by atoms with van der Waals surface area (Å²) in [6, 6.07) is 0. The van der Waals surface area contributed by atoms with E-state index < -0.39 is 10.0 Å². The first-order chi connectivity index (χ1) is 9.00. The van der Waals surface area contributed by atoms with Crippen molar-refractivity contribution in [2.24, 2.45) is 18.9 Å². The van der Waals surface area contributed by atoms with Crippen molar-refractivity contribution in [2.75, 3.05) is 26.2 Å². The zero-order valence-electron chi connectivity index (χ0n) is 11.3. The molecule has 2 fully saturated rings. The van der Waals surface area contributed by atoms with Gasteiger partial charge in [0, 0.05) is 20.1 Å². The summed E-state index contributed by atoms with van der Waals surface area (Å²) in [6.45, 7) is 5.02. The summed E-state index contributed by atoms with van der Waals surface area (Å²) in [5.41, 5.74) is 0.701. The number of hydrogen-bond donors (Lipinski definition) is 1. The second-order valence-electron chi connectivity index (χ2n) is 5.55. The van der Waals surface area contributed by atoms with Crippen molar-refractivity contribution < 1.29 is 8.42 Å². The fourth-order valence-corrected chi connectivity index (χ4v) is 4.79. The minimum Gasteiger partial charge on any atom is -0.316 e. The Kier molecular flexibility index (Phi) is 3.15. The van der Waals surface area contributed by atoms with Gasteiger partial charge in [0.2, 0.25) is 10.0 Å². The van der Waals surface area contributed by atoms with E-state index in [1.807, 2.05) is 0 Å². The number of sulfonamides is 1. The van der Waals surface area contributed by atoms with Gasteiger partial charge < -0.3 is 5.32 Å². The molecule has 7 heteroatoms.